The van der Waals surface area contributed by atoms with Gasteiger partial charge in [0, 0.05) is 0 Å². The molecule has 0 aliphatic heterocycles. The van der Waals surface area contributed by atoms with Gasteiger partial charge in [-0.1, -0.05) is 65.7 Å². The first kappa shape index (κ1) is 28.7. The fraction of sp³-hybridized carbons (Fsp3) is 0.913. The summed E-state index contributed by atoms with van der Waals surface area (Å²) in [5.74, 6) is 4.28. The first-order valence-electron chi connectivity index (χ1n) is 10.7. The van der Waals surface area contributed by atoms with Crippen LogP contribution in [0.3, 0.4) is 0 Å². The molecule has 26 heavy (non-hydrogen) atoms. The zero-order valence-electron chi connectivity index (χ0n) is 19.2. The molecule has 5 unspecified atom stereocenters. The largest absolute Gasteiger partial charge is 0.668 e. The summed E-state index contributed by atoms with van der Waals surface area (Å²) in [5, 5.41) is 3.50. The number of nitrogens with zero attached hydrogens (tertiary/aromatic N) is 2. The van der Waals surface area contributed by atoms with Crippen LogP contribution in [0.5, 0.6) is 0 Å². The molecule has 3 heteroatoms. The van der Waals surface area contributed by atoms with E-state index in [2.05, 4.69) is 70.0 Å². The summed E-state index contributed by atoms with van der Waals surface area (Å²) in [5.41, 5.74) is 0. The zero-order valence-corrected chi connectivity index (χ0v) is 21.4. The molecular formula is C23H47N2Nb-3. The molecule has 2 fully saturated rings. The van der Waals surface area contributed by atoms with Gasteiger partial charge in [0.05, 0.1) is 0 Å². The van der Waals surface area contributed by atoms with Gasteiger partial charge >= 0.3 is 50.5 Å². The van der Waals surface area contributed by atoms with E-state index < -0.39 is 0 Å². The van der Waals surface area contributed by atoms with Gasteiger partial charge < -0.3 is 18.2 Å². The van der Waals surface area contributed by atoms with Crippen molar-refractivity contribution < 1.29 is 20.9 Å². The molecule has 5 atom stereocenters. The molecule has 0 N–H and O–H groups in total. The predicted octanol–water partition coefficient (Wildman–Crippen LogP) is 7.67. The SMILES string of the molecule is CC1[CH-]C(C)C(C)C(C)C1C.CCC(C)[N]=[Nb].C[N-]C.[CH-]1CCCCC1. The van der Waals surface area contributed by atoms with Gasteiger partial charge in [0.1, 0.15) is 0 Å². The average molecular weight is 445 g/mol. The van der Waals surface area contributed by atoms with E-state index in [1.54, 1.807) is 35.0 Å². The fourth-order valence-electron chi connectivity index (χ4n) is 3.25. The predicted molar refractivity (Wildman–Crippen MR) is 115 cm³/mol. The smallest absolute Gasteiger partial charge is 0.0582 e. The molecule has 0 aromatic rings. The van der Waals surface area contributed by atoms with Crippen molar-refractivity contribution >= 4 is 0 Å². The molecule has 0 aromatic carbocycles. The van der Waals surface area contributed by atoms with Crippen LogP contribution in [0.1, 0.15) is 87.0 Å². The van der Waals surface area contributed by atoms with E-state index in [1.165, 1.54) is 38.5 Å². The summed E-state index contributed by atoms with van der Waals surface area (Å²) in [6.07, 6.45) is 13.2. The first-order chi connectivity index (χ1) is 12.3. The summed E-state index contributed by atoms with van der Waals surface area (Å²) in [4.78, 5) is 0. The second kappa shape index (κ2) is 18.8. The maximum atomic E-state index is 4.06. The monoisotopic (exact) mass is 444 g/mol. The van der Waals surface area contributed by atoms with Crippen LogP contribution < -0.4 is 0 Å². The summed E-state index contributed by atoms with van der Waals surface area (Å²) in [7, 11) is 3.50. The standard InChI is InChI=1S/C11H21.C6H11.C4H9N.C2H6N.Nb/c1-7-6-8(2)10(4)11(5)9(7)3;1-2-4-6-5-3-1;1-3-4(2)5;1-3-2;/h6-11H,1-5H3;1H,2-6H2;4H,3H2,1-2H3;1-2H3;/q2*-1;;-1;. The fourth-order valence-corrected chi connectivity index (χ4v) is 3.65. The maximum absolute atomic E-state index is 4.06. The number of rotatable bonds is 2. The third kappa shape index (κ3) is 14.5. The molecule has 2 aliphatic carbocycles. The average Bonchev–Trinajstić information content (AvgIpc) is 2.67. The third-order valence-electron chi connectivity index (χ3n) is 6.03. The van der Waals surface area contributed by atoms with E-state index in [9.17, 15) is 0 Å². The molecule has 2 rings (SSSR count). The minimum Gasteiger partial charge on any atom is -0.668 e. The van der Waals surface area contributed by atoms with Crippen LogP contribution >= 0.6 is 0 Å². The molecule has 0 heterocycles. The number of hydrogen-bond donors (Lipinski definition) is 0. The van der Waals surface area contributed by atoms with Gasteiger partial charge in [0.15, 0.2) is 0 Å². The second-order valence-electron chi connectivity index (χ2n) is 8.23. The molecule has 0 radical (unpaired) electrons. The van der Waals surface area contributed by atoms with Gasteiger partial charge in [0.2, 0.25) is 0 Å². The van der Waals surface area contributed by atoms with E-state index in [0.717, 1.165) is 29.6 Å². The van der Waals surface area contributed by atoms with E-state index in [1.807, 2.05) is 0 Å². The van der Waals surface area contributed by atoms with Crippen LogP contribution in [0, 0.1) is 42.4 Å². The van der Waals surface area contributed by atoms with Gasteiger partial charge in [-0.25, -0.2) is 0 Å². The van der Waals surface area contributed by atoms with Crippen molar-refractivity contribution in [2.75, 3.05) is 14.1 Å². The van der Waals surface area contributed by atoms with E-state index >= 15 is 0 Å². The molecular weight excluding hydrogens is 397 g/mol. The van der Waals surface area contributed by atoms with Crippen molar-refractivity contribution in [2.45, 2.75) is 93.0 Å². The Bertz CT molecular complexity index is 279. The van der Waals surface area contributed by atoms with Crippen LogP contribution in [0.25, 0.3) is 5.32 Å². The molecule has 2 aliphatic rings. The Kier molecular flexibility index (Phi) is 20.8. The van der Waals surface area contributed by atoms with Gasteiger partial charge in [-0.15, -0.1) is 0 Å². The minimum absolute atomic E-state index is 0.582. The Morgan fingerprint density at radius 3 is 1.54 bits per heavy atom. The van der Waals surface area contributed by atoms with Crippen LogP contribution in [-0.2, 0) is 20.9 Å². The van der Waals surface area contributed by atoms with Crippen molar-refractivity contribution in [1.29, 1.82) is 0 Å². The minimum atomic E-state index is 0.582. The summed E-state index contributed by atoms with van der Waals surface area (Å²) in [6, 6.07) is 0.582. The molecule has 2 nitrogen and oxygen atoms in total. The maximum Gasteiger partial charge on any atom is -0.0582 e. The molecule has 2 saturated carbocycles. The molecule has 0 bridgehead atoms. The van der Waals surface area contributed by atoms with E-state index in [-0.39, 0.29) is 0 Å². The Balaban J connectivity index is 0. The molecule has 0 saturated heterocycles. The quantitative estimate of drug-likeness (QED) is 0.309. The van der Waals surface area contributed by atoms with Crippen molar-refractivity contribution in [3.8, 4) is 0 Å². The Labute approximate surface area is 178 Å². The van der Waals surface area contributed by atoms with Crippen LogP contribution in [0.2, 0.25) is 0 Å². The first-order valence-corrected chi connectivity index (χ1v) is 11.7. The third-order valence-corrected chi connectivity index (χ3v) is 7.00. The summed E-state index contributed by atoms with van der Waals surface area (Å²) in [6.45, 7) is 16.1. The van der Waals surface area contributed by atoms with Crippen LogP contribution in [0.4, 0.5) is 0 Å². The molecule has 157 valence electrons. The van der Waals surface area contributed by atoms with Crippen LogP contribution in [-0.4, -0.2) is 20.1 Å². The van der Waals surface area contributed by atoms with Gasteiger partial charge in [-0.3, -0.25) is 0 Å². The topological polar surface area (TPSA) is 26.5 Å². The van der Waals surface area contributed by atoms with E-state index in [4.69, 9.17) is 0 Å². The van der Waals surface area contributed by atoms with Crippen molar-refractivity contribution in [3.63, 3.8) is 0 Å². The molecule has 0 amide bonds. The van der Waals surface area contributed by atoms with Crippen molar-refractivity contribution in [2.24, 2.45) is 32.9 Å². The Morgan fingerprint density at radius 1 is 0.923 bits per heavy atom. The van der Waals surface area contributed by atoms with E-state index in [0.29, 0.717) is 6.04 Å². The number of hydrogen-bond acceptors (Lipinski definition) is 1. The zero-order chi connectivity index (χ0) is 20.5. The Morgan fingerprint density at radius 2 is 1.35 bits per heavy atom. The summed E-state index contributed by atoms with van der Waals surface area (Å²) >= 11 is 1.55. The summed E-state index contributed by atoms with van der Waals surface area (Å²) < 4.78 is 4.06. The normalized spacial score (nSPS) is 31.6. The van der Waals surface area contributed by atoms with Gasteiger partial charge in [0.25, 0.3) is 0 Å². The van der Waals surface area contributed by atoms with Crippen LogP contribution in [0.15, 0.2) is 3.34 Å². The van der Waals surface area contributed by atoms with Crippen molar-refractivity contribution in [3.05, 3.63) is 18.2 Å². The Hall–Kier alpha value is 0.500. The second-order valence-corrected chi connectivity index (χ2v) is 8.80. The molecule has 0 spiro atoms. The molecule has 0 aromatic heterocycles. The van der Waals surface area contributed by atoms with Crippen molar-refractivity contribution in [1.82, 2.24) is 0 Å². The van der Waals surface area contributed by atoms with Gasteiger partial charge in [-0.2, -0.15) is 38.8 Å². The van der Waals surface area contributed by atoms with Gasteiger partial charge in [-0.05, 0) is 5.92 Å².